The van der Waals surface area contributed by atoms with Crippen molar-refractivity contribution in [1.29, 1.82) is 0 Å². The van der Waals surface area contributed by atoms with E-state index in [2.05, 4.69) is 16.5 Å². The van der Waals surface area contributed by atoms with Gasteiger partial charge in [-0.2, -0.15) is 5.10 Å². The van der Waals surface area contributed by atoms with Crippen LogP contribution in [0.4, 0.5) is 0 Å². The van der Waals surface area contributed by atoms with E-state index in [1.54, 1.807) is 7.11 Å². The van der Waals surface area contributed by atoms with Crippen LogP contribution in [-0.4, -0.2) is 48.8 Å². The highest BCUT2D eigenvalue weighted by atomic mass is 16.5. The molecule has 3 aromatic carbocycles. The number of hydrazone groups is 1. The average Bonchev–Trinajstić information content (AvgIpc) is 3.32. The van der Waals surface area contributed by atoms with Crippen molar-refractivity contribution >= 4 is 34.3 Å². The second-order valence-electron chi connectivity index (χ2n) is 8.23. The van der Waals surface area contributed by atoms with Gasteiger partial charge in [-0.15, -0.1) is 0 Å². The number of nitrogens with zero attached hydrogens (tertiary/aromatic N) is 2. The van der Waals surface area contributed by atoms with Crippen molar-refractivity contribution in [2.45, 2.75) is 25.8 Å². The molecule has 0 unspecified atom stereocenters. The number of esters is 1. The average molecular weight is 474 g/mol. The lowest BCUT2D eigenvalue weighted by Gasteiger charge is -2.22. The van der Waals surface area contributed by atoms with E-state index in [4.69, 9.17) is 9.47 Å². The van der Waals surface area contributed by atoms with Gasteiger partial charge in [0, 0.05) is 19.9 Å². The minimum absolute atomic E-state index is 0.0135. The quantitative estimate of drug-likeness (QED) is 0.504. The molecule has 35 heavy (non-hydrogen) atoms. The summed E-state index contributed by atoms with van der Waals surface area (Å²) in [6, 6.07) is 21.3. The third kappa shape index (κ3) is 5.84. The maximum absolute atomic E-state index is 13.1. The van der Waals surface area contributed by atoms with E-state index >= 15 is 0 Å². The monoisotopic (exact) mass is 473 g/mol. The highest BCUT2D eigenvalue weighted by Gasteiger charge is 2.33. The van der Waals surface area contributed by atoms with Crippen LogP contribution in [0.5, 0.6) is 5.75 Å². The van der Waals surface area contributed by atoms with Crippen LogP contribution >= 0.6 is 0 Å². The van der Waals surface area contributed by atoms with E-state index in [9.17, 15) is 14.4 Å². The van der Waals surface area contributed by atoms with E-state index < -0.39 is 18.5 Å². The molecule has 4 rings (SSSR count). The summed E-state index contributed by atoms with van der Waals surface area (Å²) in [6.45, 7) is 1.09. The summed E-state index contributed by atoms with van der Waals surface area (Å²) in [5, 5.41) is 10.8. The van der Waals surface area contributed by atoms with Gasteiger partial charge >= 0.3 is 5.97 Å². The molecular formula is C27H27N3O5. The Kier molecular flexibility index (Phi) is 7.40. The molecule has 8 heteroatoms. The predicted octanol–water partition coefficient (Wildman–Crippen LogP) is 3.60. The number of benzene rings is 3. The van der Waals surface area contributed by atoms with Crippen LogP contribution < -0.4 is 10.1 Å². The normalized spacial score (nSPS) is 15.0. The van der Waals surface area contributed by atoms with E-state index in [0.717, 1.165) is 27.6 Å². The van der Waals surface area contributed by atoms with Gasteiger partial charge in [-0.05, 0) is 40.1 Å². The van der Waals surface area contributed by atoms with E-state index in [1.807, 2.05) is 60.7 Å². The van der Waals surface area contributed by atoms with Gasteiger partial charge in [0.2, 0.25) is 5.91 Å². The third-order valence-corrected chi connectivity index (χ3v) is 5.81. The summed E-state index contributed by atoms with van der Waals surface area (Å²) < 4.78 is 10.4. The zero-order chi connectivity index (χ0) is 24.8. The molecule has 0 radical (unpaired) electrons. The molecule has 0 aromatic heterocycles. The lowest BCUT2D eigenvalue weighted by atomic mass is 9.97. The fourth-order valence-corrected chi connectivity index (χ4v) is 3.99. The molecule has 180 valence electrons. The van der Waals surface area contributed by atoms with Crippen LogP contribution in [0.15, 0.2) is 71.8 Å². The van der Waals surface area contributed by atoms with Gasteiger partial charge in [0.25, 0.3) is 5.91 Å². The Morgan fingerprint density at radius 3 is 2.49 bits per heavy atom. The van der Waals surface area contributed by atoms with E-state index in [-0.39, 0.29) is 24.9 Å². The van der Waals surface area contributed by atoms with Gasteiger partial charge in [-0.1, -0.05) is 48.5 Å². The van der Waals surface area contributed by atoms with Crippen LogP contribution in [0.2, 0.25) is 0 Å². The number of methoxy groups -OCH3 is 1. The van der Waals surface area contributed by atoms with Crippen molar-refractivity contribution in [2.75, 3.05) is 20.3 Å². The Balaban J connectivity index is 1.54. The van der Waals surface area contributed by atoms with Gasteiger partial charge in [-0.3, -0.25) is 14.4 Å². The van der Waals surface area contributed by atoms with Gasteiger partial charge in [-0.25, -0.2) is 5.01 Å². The summed E-state index contributed by atoms with van der Waals surface area (Å²) >= 11 is 0. The second kappa shape index (κ2) is 10.8. The van der Waals surface area contributed by atoms with Crippen LogP contribution in [0.25, 0.3) is 10.8 Å². The first-order valence-electron chi connectivity index (χ1n) is 11.4. The van der Waals surface area contributed by atoms with Crippen LogP contribution in [0.3, 0.4) is 0 Å². The Bertz CT molecular complexity index is 1270. The topological polar surface area (TPSA) is 97.3 Å². The summed E-state index contributed by atoms with van der Waals surface area (Å²) in [7, 11) is 1.60. The lowest BCUT2D eigenvalue weighted by Crippen LogP contribution is -2.32. The zero-order valence-electron chi connectivity index (χ0n) is 19.7. The number of hydrogen-bond acceptors (Lipinski definition) is 6. The number of carbonyl (C=O) groups excluding carboxylic acids is 3. The number of fused-ring (bicyclic) bond motifs is 1. The molecule has 2 amide bonds. The first kappa shape index (κ1) is 23.9. The van der Waals surface area contributed by atoms with Gasteiger partial charge in [0.15, 0.2) is 6.61 Å². The molecule has 0 saturated heterocycles. The molecule has 3 aromatic rings. The Labute approximate surface area is 203 Å². The van der Waals surface area contributed by atoms with Crippen molar-refractivity contribution in [3.63, 3.8) is 0 Å². The summed E-state index contributed by atoms with van der Waals surface area (Å²) in [6.07, 6.45) is 0.507. The van der Waals surface area contributed by atoms with Gasteiger partial charge < -0.3 is 14.8 Å². The molecule has 0 saturated carbocycles. The Hall–Kier alpha value is -4.20. The maximum Gasteiger partial charge on any atom is 0.308 e. The molecule has 0 bridgehead atoms. The number of rotatable bonds is 8. The molecule has 1 atom stereocenters. The summed E-state index contributed by atoms with van der Waals surface area (Å²) in [5.74, 6) is -0.502. The molecule has 8 nitrogen and oxygen atoms in total. The fourth-order valence-electron chi connectivity index (χ4n) is 3.99. The molecular weight excluding hydrogens is 446 g/mol. The number of carbonyl (C=O) groups is 3. The first-order valence-corrected chi connectivity index (χ1v) is 11.4. The number of nitrogens with one attached hydrogen (secondary N) is 1. The fraction of sp³-hybridized carbons (Fsp3) is 0.259. The number of hydrogen-bond donors (Lipinski definition) is 1. The summed E-state index contributed by atoms with van der Waals surface area (Å²) in [5.41, 5.74) is 2.61. The van der Waals surface area contributed by atoms with Crippen LogP contribution in [0.1, 0.15) is 36.9 Å². The Morgan fingerprint density at radius 1 is 1.03 bits per heavy atom. The van der Waals surface area contributed by atoms with E-state index in [0.29, 0.717) is 12.2 Å². The van der Waals surface area contributed by atoms with Gasteiger partial charge in [0.1, 0.15) is 5.75 Å². The predicted molar refractivity (Wildman–Crippen MR) is 132 cm³/mol. The molecule has 1 N–H and O–H groups in total. The van der Waals surface area contributed by atoms with Crippen molar-refractivity contribution in [3.8, 4) is 5.75 Å². The number of ether oxygens (including phenoxy) is 2. The summed E-state index contributed by atoms with van der Waals surface area (Å²) in [4.78, 5) is 36.0. The van der Waals surface area contributed by atoms with Gasteiger partial charge in [0.05, 0.1) is 25.3 Å². The van der Waals surface area contributed by atoms with E-state index in [1.165, 1.54) is 11.9 Å². The standard InChI is InChI=1S/C27H27N3O5/c1-18(31)28-14-13-27(33)35-17-26(32)30-25(20-9-11-23(34-2)12-10-20)16-24(29-30)22-8-7-19-5-3-4-6-21(19)15-22/h3-12,15,25H,13-14,16-17H2,1-2H3,(H,28,31)/t25-/m0/s1. The minimum Gasteiger partial charge on any atom is -0.497 e. The molecule has 0 spiro atoms. The molecule has 1 aliphatic rings. The zero-order valence-corrected chi connectivity index (χ0v) is 19.7. The lowest BCUT2D eigenvalue weighted by molar-refractivity contribution is -0.152. The highest BCUT2D eigenvalue weighted by Crippen LogP contribution is 2.34. The third-order valence-electron chi connectivity index (χ3n) is 5.81. The largest absolute Gasteiger partial charge is 0.497 e. The maximum atomic E-state index is 13.1. The SMILES string of the molecule is COc1ccc([C@@H]2CC(c3ccc4ccccc4c3)=NN2C(=O)COC(=O)CCNC(C)=O)cc1. The van der Waals surface area contributed by atoms with Crippen molar-refractivity contribution < 1.29 is 23.9 Å². The first-order chi connectivity index (χ1) is 16.9. The smallest absolute Gasteiger partial charge is 0.308 e. The highest BCUT2D eigenvalue weighted by molar-refractivity contribution is 6.05. The molecule has 1 heterocycles. The van der Waals surface area contributed by atoms with Crippen LogP contribution in [-0.2, 0) is 19.1 Å². The molecule has 0 fully saturated rings. The number of amides is 2. The second-order valence-corrected chi connectivity index (χ2v) is 8.23. The van der Waals surface area contributed by atoms with Crippen LogP contribution in [0, 0.1) is 0 Å². The van der Waals surface area contributed by atoms with Crippen molar-refractivity contribution in [1.82, 2.24) is 10.3 Å². The Morgan fingerprint density at radius 2 is 1.77 bits per heavy atom. The minimum atomic E-state index is -0.564. The molecule has 0 aliphatic carbocycles. The van der Waals surface area contributed by atoms with Crippen molar-refractivity contribution in [3.05, 3.63) is 77.9 Å². The molecule has 1 aliphatic heterocycles. The van der Waals surface area contributed by atoms with Crippen molar-refractivity contribution in [2.24, 2.45) is 5.10 Å².